The second-order valence-corrected chi connectivity index (χ2v) is 5.35. The molecule has 0 aliphatic rings. The summed E-state index contributed by atoms with van der Waals surface area (Å²) in [6, 6.07) is 0. The Kier molecular flexibility index (Phi) is 3.37. The van der Waals surface area contributed by atoms with E-state index in [1.165, 1.54) is 4.68 Å². The number of aliphatic carboxylic acids is 1. The molecule has 7 heteroatoms. The molecule has 0 aromatic carbocycles. The van der Waals surface area contributed by atoms with Crippen LogP contribution < -0.4 is 0 Å². The SMILES string of the molecule is CC(C)(C)c1cnc(Cn2cc(CC(=O)O)nn2)o1. The summed E-state index contributed by atoms with van der Waals surface area (Å²) >= 11 is 0. The van der Waals surface area contributed by atoms with Gasteiger partial charge in [-0.3, -0.25) is 4.79 Å². The zero-order valence-electron chi connectivity index (χ0n) is 11.1. The molecule has 0 saturated heterocycles. The second-order valence-electron chi connectivity index (χ2n) is 5.35. The van der Waals surface area contributed by atoms with Gasteiger partial charge < -0.3 is 9.52 Å². The third kappa shape index (κ3) is 3.40. The van der Waals surface area contributed by atoms with Crippen molar-refractivity contribution in [1.29, 1.82) is 0 Å². The van der Waals surface area contributed by atoms with Gasteiger partial charge in [-0.2, -0.15) is 0 Å². The predicted octanol–water partition coefficient (Wildman–Crippen LogP) is 1.24. The van der Waals surface area contributed by atoms with Crippen LogP contribution in [0, 0.1) is 0 Å². The molecule has 2 heterocycles. The predicted molar refractivity (Wildman–Crippen MR) is 65.7 cm³/mol. The fourth-order valence-electron chi connectivity index (χ4n) is 1.52. The number of nitrogens with zero attached hydrogens (tertiary/aromatic N) is 4. The topological polar surface area (TPSA) is 94.0 Å². The normalized spacial score (nSPS) is 11.7. The smallest absolute Gasteiger partial charge is 0.309 e. The van der Waals surface area contributed by atoms with Crippen molar-refractivity contribution >= 4 is 5.97 Å². The standard InChI is InChI=1S/C12H16N4O3/c1-12(2,3)9-5-13-10(19-9)7-16-6-8(14-15-16)4-11(17)18/h5-6H,4,7H2,1-3H3,(H,17,18). The van der Waals surface area contributed by atoms with Crippen LogP contribution in [0.15, 0.2) is 16.8 Å². The highest BCUT2D eigenvalue weighted by Crippen LogP contribution is 2.22. The molecule has 2 aromatic heterocycles. The van der Waals surface area contributed by atoms with E-state index in [4.69, 9.17) is 9.52 Å². The lowest BCUT2D eigenvalue weighted by atomic mass is 9.94. The highest BCUT2D eigenvalue weighted by molar-refractivity contribution is 5.69. The lowest BCUT2D eigenvalue weighted by molar-refractivity contribution is -0.136. The van der Waals surface area contributed by atoms with E-state index < -0.39 is 5.97 Å². The first kappa shape index (κ1) is 13.3. The minimum atomic E-state index is -0.932. The van der Waals surface area contributed by atoms with Gasteiger partial charge in [-0.05, 0) is 0 Å². The van der Waals surface area contributed by atoms with Crippen molar-refractivity contribution in [3.8, 4) is 0 Å². The van der Waals surface area contributed by atoms with Crippen LogP contribution in [0.25, 0.3) is 0 Å². The molecule has 19 heavy (non-hydrogen) atoms. The summed E-state index contributed by atoms with van der Waals surface area (Å²) in [7, 11) is 0. The zero-order valence-corrected chi connectivity index (χ0v) is 11.1. The summed E-state index contributed by atoms with van der Waals surface area (Å²) in [5, 5.41) is 16.3. The molecule has 2 aromatic rings. The minimum absolute atomic E-state index is 0.0952. The van der Waals surface area contributed by atoms with Crippen molar-refractivity contribution in [2.75, 3.05) is 0 Å². The van der Waals surface area contributed by atoms with Gasteiger partial charge in [0.1, 0.15) is 12.3 Å². The van der Waals surface area contributed by atoms with E-state index in [-0.39, 0.29) is 11.8 Å². The Bertz CT molecular complexity index is 580. The first-order valence-corrected chi connectivity index (χ1v) is 5.90. The van der Waals surface area contributed by atoms with Crippen LogP contribution in [0.1, 0.15) is 38.1 Å². The van der Waals surface area contributed by atoms with Crippen LogP contribution in [-0.4, -0.2) is 31.1 Å². The molecule has 0 fully saturated rings. The molecule has 7 nitrogen and oxygen atoms in total. The Balaban J connectivity index is 2.07. The number of aromatic nitrogens is 4. The monoisotopic (exact) mass is 264 g/mol. The molecule has 0 saturated carbocycles. The Hall–Kier alpha value is -2.18. The Morgan fingerprint density at radius 2 is 2.21 bits per heavy atom. The molecule has 102 valence electrons. The van der Waals surface area contributed by atoms with Crippen LogP contribution in [0.5, 0.6) is 0 Å². The molecular formula is C12H16N4O3. The molecule has 2 rings (SSSR count). The van der Waals surface area contributed by atoms with Gasteiger partial charge in [-0.1, -0.05) is 26.0 Å². The molecule has 0 atom stereocenters. The molecule has 0 bridgehead atoms. The molecule has 1 N–H and O–H groups in total. The van der Waals surface area contributed by atoms with E-state index in [1.807, 2.05) is 20.8 Å². The molecule has 0 unspecified atom stereocenters. The fraction of sp³-hybridized carbons (Fsp3) is 0.500. The lowest BCUT2D eigenvalue weighted by Crippen LogP contribution is -2.09. The Morgan fingerprint density at radius 3 is 2.79 bits per heavy atom. The maximum absolute atomic E-state index is 10.5. The molecule has 0 radical (unpaired) electrons. The highest BCUT2D eigenvalue weighted by atomic mass is 16.4. The second kappa shape index (κ2) is 4.83. The number of rotatable bonds is 4. The number of carbonyl (C=O) groups is 1. The summed E-state index contributed by atoms with van der Waals surface area (Å²) < 4.78 is 7.14. The number of hydrogen-bond acceptors (Lipinski definition) is 5. The van der Waals surface area contributed by atoms with Gasteiger partial charge >= 0.3 is 5.97 Å². The quantitative estimate of drug-likeness (QED) is 0.892. The number of hydrogen-bond donors (Lipinski definition) is 1. The van der Waals surface area contributed by atoms with E-state index in [9.17, 15) is 4.79 Å². The maximum Gasteiger partial charge on any atom is 0.309 e. The molecule has 0 spiro atoms. The summed E-state index contributed by atoms with van der Waals surface area (Å²) in [4.78, 5) is 14.7. The number of carboxylic acids is 1. The molecule has 0 aliphatic heterocycles. The van der Waals surface area contributed by atoms with Crippen LogP contribution >= 0.6 is 0 Å². The number of carboxylic acid groups (broad SMARTS) is 1. The maximum atomic E-state index is 10.5. The van der Waals surface area contributed by atoms with Crippen molar-refractivity contribution in [1.82, 2.24) is 20.0 Å². The van der Waals surface area contributed by atoms with Crippen molar-refractivity contribution in [3.05, 3.63) is 29.7 Å². The molecule has 0 amide bonds. The van der Waals surface area contributed by atoms with Crippen molar-refractivity contribution in [2.24, 2.45) is 0 Å². The minimum Gasteiger partial charge on any atom is -0.481 e. The van der Waals surface area contributed by atoms with Gasteiger partial charge in [-0.25, -0.2) is 9.67 Å². The van der Waals surface area contributed by atoms with Gasteiger partial charge in [0, 0.05) is 11.6 Å². The van der Waals surface area contributed by atoms with E-state index >= 15 is 0 Å². The van der Waals surface area contributed by atoms with Crippen molar-refractivity contribution < 1.29 is 14.3 Å². The summed E-state index contributed by atoms with van der Waals surface area (Å²) in [5.41, 5.74) is 0.317. The van der Waals surface area contributed by atoms with E-state index in [0.717, 1.165) is 5.76 Å². The van der Waals surface area contributed by atoms with Gasteiger partial charge in [-0.15, -0.1) is 5.10 Å². The zero-order chi connectivity index (χ0) is 14.0. The summed E-state index contributed by atoms with van der Waals surface area (Å²) in [5.74, 6) is 0.392. The average Bonchev–Trinajstić information content (AvgIpc) is 2.86. The van der Waals surface area contributed by atoms with E-state index in [0.29, 0.717) is 18.1 Å². The van der Waals surface area contributed by atoms with Crippen LogP contribution in [0.2, 0.25) is 0 Å². The van der Waals surface area contributed by atoms with E-state index in [2.05, 4.69) is 15.3 Å². The highest BCUT2D eigenvalue weighted by Gasteiger charge is 2.19. The van der Waals surface area contributed by atoms with Crippen LogP contribution in [-0.2, 0) is 23.2 Å². The van der Waals surface area contributed by atoms with Crippen LogP contribution in [0.3, 0.4) is 0 Å². The van der Waals surface area contributed by atoms with Gasteiger partial charge in [0.05, 0.1) is 18.3 Å². The van der Waals surface area contributed by atoms with Crippen LogP contribution in [0.4, 0.5) is 0 Å². The molecule has 0 aliphatic carbocycles. The van der Waals surface area contributed by atoms with Gasteiger partial charge in [0.2, 0.25) is 5.89 Å². The van der Waals surface area contributed by atoms with Gasteiger partial charge in [0.25, 0.3) is 0 Å². The number of oxazole rings is 1. The third-order valence-corrected chi connectivity index (χ3v) is 2.51. The largest absolute Gasteiger partial charge is 0.481 e. The fourth-order valence-corrected chi connectivity index (χ4v) is 1.52. The third-order valence-electron chi connectivity index (χ3n) is 2.51. The first-order chi connectivity index (χ1) is 8.84. The van der Waals surface area contributed by atoms with Gasteiger partial charge in [0.15, 0.2) is 0 Å². The average molecular weight is 264 g/mol. The Labute approximate surface area is 110 Å². The van der Waals surface area contributed by atoms with Crippen molar-refractivity contribution in [3.63, 3.8) is 0 Å². The van der Waals surface area contributed by atoms with Crippen molar-refractivity contribution in [2.45, 2.75) is 39.2 Å². The summed E-state index contributed by atoms with van der Waals surface area (Å²) in [6.45, 7) is 6.45. The summed E-state index contributed by atoms with van der Waals surface area (Å²) in [6.07, 6.45) is 3.14. The van der Waals surface area contributed by atoms with E-state index in [1.54, 1.807) is 12.4 Å². The molecular weight excluding hydrogens is 248 g/mol. The lowest BCUT2D eigenvalue weighted by Gasteiger charge is -2.12. The Morgan fingerprint density at radius 1 is 1.47 bits per heavy atom. The first-order valence-electron chi connectivity index (χ1n) is 5.90.